The first-order chi connectivity index (χ1) is 26.1. The fourth-order valence-corrected chi connectivity index (χ4v) is 8.59. The van der Waals surface area contributed by atoms with Gasteiger partial charge in [0.25, 0.3) is 0 Å². The van der Waals surface area contributed by atoms with Crippen molar-refractivity contribution >= 4 is 38.9 Å². The zero-order valence-electron chi connectivity index (χ0n) is 29.9. The number of nitrogens with zero attached hydrogens (tertiary/aromatic N) is 2. The summed E-state index contributed by atoms with van der Waals surface area (Å²) >= 11 is 0. The van der Waals surface area contributed by atoms with Gasteiger partial charge in [0.2, 0.25) is 0 Å². The fourth-order valence-electron chi connectivity index (χ4n) is 8.59. The molecule has 0 N–H and O–H groups in total. The summed E-state index contributed by atoms with van der Waals surface area (Å²) in [6.45, 7) is 4.71. The maximum atomic E-state index is 2.50. The molecule has 2 heteroatoms. The Bertz CT molecular complexity index is 2770. The van der Waals surface area contributed by atoms with E-state index >= 15 is 0 Å². The molecule has 1 aromatic heterocycles. The highest BCUT2D eigenvalue weighted by Gasteiger charge is 2.37. The lowest BCUT2D eigenvalue weighted by Gasteiger charge is -2.26. The number of hydrogen-bond donors (Lipinski definition) is 0. The zero-order valence-corrected chi connectivity index (χ0v) is 29.9. The first-order valence-electron chi connectivity index (χ1n) is 18.4. The smallest absolute Gasteiger partial charge is 0.0562 e. The molecular weight excluding hydrogens is 641 g/mol. The van der Waals surface area contributed by atoms with E-state index in [-0.39, 0.29) is 5.41 Å². The van der Waals surface area contributed by atoms with Crippen molar-refractivity contribution < 1.29 is 0 Å². The van der Waals surface area contributed by atoms with Gasteiger partial charge in [0.15, 0.2) is 0 Å². The van der Waals surface area contributed by atoms with Gasteiger partial charge in [-0.3, -0.25) is 0 Å². The molecule has 0 aliphatic heterocycles. The van der Waals surface area contributed by atoms with Crippen molar-refractivity contribution in [3.8, 4) is 39.1 Å². The molecule has 0 spiro atoms. The molecule has 0 amide bonds. The maximum absolute atomic E-state index is 2.50. The Balaban J connectivity index is 1.12. The van der Waals surface area contributed by atoms with Gasteiger partial charge in [0.05, 0.1) is 16.7 Å². The number of hydrogen-bond acceptors (Lipinski definition) is 1. The second kappa shape index (κ2) is 12.3. The van der Waals surface area contributed by atoms with Crippen LogP contribution in [0, 0.1) is 0 Å². The topological polar surface area (TPSA) is 8.17 Å². The van der Waals surface area contributed by atoms with Crippen LogP contribution in [0.15, 0.2) is 194 Å². The predicted octanol–water partition coefficient (Wildman–Crippen LogP) is 13.9. The van der Waals surface area contributed by atoms with Crippen molar-refractivity contribution in [1.82, 2.24) is 4.57 Å². The summed E-state index contributed by atoms with van der Waals surface area (Å²) in [4.78, 5) is 2.37. The van der Waals surface area contributed by atoms with E-state index in [1.165, 1.54) is 72.0 Å². The SMILES string of the molecule is CC1(C)c2ccccc2-c2c(-n3c4ccccc4c4ccc(N(c5ccccc5)c5ccc(-c6ccc(-c7ccccc7)cc6)cc5)cc43)cccc21. The molecular formula is C51H38N2. The summed E-state index contributed by atoms with van der Waals surface area (Å²) in [6, 6.07) is 70.7. The monoisotopic (exact) mass is 678 g/mol. The van der Waals surface area contributed by atoms with Crippen LogP contribution >= 0.6 is 0 Å². The average molecular weight is 679 g/mol. The van der Waals surface area contributed by atoms with Gasteiger partial charge in [0.1, 0.15) is 0 Å². The zero-order chi connectivity index (χ0) is 35.5. The summed E-state index contributed by atoms with van der Waals surface area (Å²) in [5.74, 6) is 0. The molecule has 0 atom stereocenters. The molecule has 0 unspecified atom stereocenters. The lowest BCUT2D eigenvalue weighted by atomic mass is 9.82. The summed E-state index contributed by atoms with van der Waals surface area (Å²) in [5, 5.41) is 2.50. The number of anilines is 3. The molecule has 252 valence electrons. The molecule has 1 heterocycles. The minimum absolute atomic E-state index is 0.0773. The van der Waals surface area contributed by atoms with Crippen LogP contribution < -0.4 is 4.90 Å². The highest BCUT2D eigenvalue weighted by atomic mass is 15.1. The van der Waals surface area contributed by atoms with E-state index < -0.39 is 0 Å². The summed E-state index contributed by atoms with van der Waals surface area (Å²) in [5.41, 5.74) is 17.1. The Labute approximate surface area is 310 Å². The van der Waals surface area contributed by atoms with Crippen molar-refractivity contribution in [2.24, 2.45) is 0 Å². The van der Waals surface area contributed by atoms with E-state index in [1.54, 1.807) is 0 Å². The van der Waals surface area contributed by atoms with Crippen molar-refractivity contribution in [3.63, 3.8) is 0 Å². The molecule has 2 nitrogen and oxygen atoms in total. The molecule has 9 aromatic rings. The number of aromatic nitrogens is 1. The summed E-state index contributed by atoms with van der Waals surface area (Å²) in [6.07, 6.45) is 0. The molecule has 0 saturated heterocycles. The third-order valence-corrected chi connectivity index (χ3v) is 11.2. The van der Waals surface area contributed by atoms with Crippen LogP contribution in [0.5, 0.6) is 0 Å². The molecule has 0 saturated carbocycles. The minimum Gasteiger partial charge on any atom is -0.310 e. The molecule has 10 rings (SSSR count). The van der Waals surface area contributed by atoms with E-state index in [9.17, 15) is 0 Å². The third-order valence-electron chi connectivity index (χ3n) is 11.2. The Morgan fingerprint density at radius 2 is 0.925 bits per heavy atom. The van der Waals surface area contributed by atoms with Crippen LogP contribution in [0.1, 0.15) is 25.0 Å². The van der Waals surface area contributed by atoms with Crippen LogP contribution in [-0.4, -0.2) is 4.57 Å². The van der Waals surface area contributed by atoms with Crippen molar-refractivity contribution in [3.05, 3.63) is 205 Å². The lowest BCUT2D eigenvalue weighted by molar-refractivity contribution is 0.660. The van der Waals surface area contributed by atoms with Gasteiger partial charge in [-0.1, -0.05) is 159 Å². The summed E-state index contributed by atoms with van der Waals surface area (Å²) < 4.78 is 2.50. The van der Waals surface area contributed by atoms with Gasteiger partial charge in [-0.15, -0.1) is 0 Å². The second-order valence-corrected chi connectivity index (χ2v) is 14.6. The van der Waals surface area contributed by atoms with Gasteiger partial charge in [-0.25, -0.2) is 0 Å². The predicted molar refractivity (Wildman–Crippen MR) is 224 cm³/mol. The molecule has 0 bridgehead atoms. The van der Waals surface area contributed by atoms with Crippen LogP contribution in [0.3, 0.4) is 0 Å². The fraction of sp³-hybridized carbons (Fsp3) is 0.0588. The Morgan fingerprint density at radius 3 is 1.66 bits per heavy atom. The highest BCUT2D eigenvalue weighted by molar-refractivity contribution is 6.11. The van der Waals surface area contributed by atoms with Crippen LogP contribution in [0.4, 0.5) is 17.1 Å². The van der Waals surface area contributed by atoms with Gasteiger partial charge < -0.3 is 9.47 Å². The highest BCUT2D eigenvalue weighted by Crippen LogP contribution is 2.52. The Hall–Kier alpha value is -6.64. The van der Waals surface area contributed by atoms with E-state index in [1.807, 2.05) is 0 Å². The normalized spacial score (nSPS) is 12.9. The van der Waals surface area contributed by atoms with Gasteiger partial charge in [-0.2, -0.15) is 0 Å². The molecule has 0 radical (unpaired) electrons. The largest absolute Gasteiger partial charge is 0.310 e. The van der Waals surface area contributed by atoms with Gasteiger partial charge in [0, 0.05) is 38.8 Å². The quantitative estimate of drug-likeness (QED) is 0.170. The van der Waals surface area contributed by atoms with Crippen molar-refractivity contribution in [2.75, 3.05) is 4.90 Å². The molecule has 53 heavy (non-hydrogen) atoms. The first-order valence-corrected chi connectivity index (χ1v) is 18.4. The third kappa shape index (κ3) is 5.02. The summed E-state index contributed by atoms with van der Waals surface area (Å²) in [7, 11) is 0. The molecule has 0 fully saturated rings. The number of para-hydroxylation sites is 2. The average Bonchev–Trinajstić information content (AvgIpc) is 3.67. The van der Waals surface area contributed by atoms with E-state index in [4.69, 9.17) is 0 Å². The van der Waals surface area contributed by atoms with Crippen LogP contribution in [0.25, 0.3) is 60.9 Å². The standard InChI is InChI=1S/C51H38N2/c1-51(2)45-20-11-9-19-44(45)50-46(51)21-13-23-48(50)53-47-22-12-10-18-42(47)43-33-32-41(34-49(43)53)52(39-16-7-4-8-17-39)40-30-28-38(29-31-40)37-26-24-36(25-27-37)35-14-5-3-6-15-35/h3-34H,1-2H3. The molecule has 1 aliphatic carbocycles. The van der Waals surface area contributed by atoms with Crippen molar-refractivity contribution in [2.45, 2.75) is 19.3 Å². The Kier molecular flexibility index (Phi) is 7.19. The minimum atomic E-state index is -0.0773. The van der Waals surface area contributed by atoms with E-state index in [0.29, 0.717) is 0 Å². The van der Waals surface area contributed by atoms with Gasteiger partial charge in [-0.05, 0) is 87.5 Å². The lowest BCUT2D eigenvalue weighted by Crippen LogP contribution is -2.15. The van der Waals surface area contributed by atoms with Crippen LogP contribution in [-0.2, 0) is 5.41 Å². The number of rotatable bonds is 6. The number of fused-ring (bicyclic) bond motifs is 6. The van der Waals surface area contributed by atoms with E-state index in [0.717, 1.165) is 17.1 Å². The molecule has 1 aliphatic rings. The van der Waals surface area contributed by atoms with Crippen LogP contribution in [0.2, 0.25) is 0 Å². The Morgan fingerprint density at radius 1 is 0.396 bits per heavy atom. The second-order valence-electron chi connectivity index (χ2n) is 14.6. The first kappa shape index (κ1) is 31.1. The van der Waals surface area contributed by atoms with Crippen molar-refractivity contribution in [1.29, 1.82) is 0 Å². The maximum Gasteiger partial charge on any atom is 0.0562 e. The number of benzene rings is 8. The molecule has 8 aromatic carbocycles. The van der Waals surface area contributed by atoms with E-state index in [2.05, 4.69) is 217 Å². The van der Waals surface area contributed by atoms with Gasteiger partial charge >= 0.3 is 0 Å².